The Hall–Kier alpha value is -5.41. The van der Waals surface area contributed by atoms with Crippen LogP contribution < -0.4 is 19.7 Å². The van der Waals surface area contributed by atoms with Crippen molar-refractivity contribution in [2.75, 3.05) is 44.7 Å². The standard InChI is InChI=1S/C37H42F3N7O6/c1-37(2,3)52-36(49)47-17-15-46(16-18-47)35-41-14-13-28(43-35)34-44-32(45-53-34)24-9-5-22(6-10-24)20-42-33(48)26-19-27(38)31(30(40)29(26)39)51-21-23-7-11-25(50-4)12-8-23/h7-8,11-14,19,22,24H,5-6,9-10,15-18,20-21H2,1-4H3,(H,42,48)/t22-,24-. The fourth-order valence-corrected chi connectivity index (χ4v) is 6.25. The number of anilines is 1. The van der Waals surface area contributed by atoms with Gasteiger partial charge in [0.25, 0.3) is 11.8 Å². The van der Waals surface area contributed by atoms with E-state index in [2.05, 4.69) is 25.4 Å². The van der Waals surface area contributed by atoms with Crippen molar-refractivity contribution in [2.45, 2.75) is 64.6 Å². The summed E-state index contributed by atoms with van der Waals surface area (Å²) in [4.78, 5) is 42.5. The van der Waals surface area contributed by atoms with Gasteiger partial charge in [-0.05, 0) is 82.2 Å². The minimum absolute atomic E-state index is 0.0211. The third-order valence-electron chi connectivity index (χ3n) is 9.18. The smallest absolute Gasteiger partial charge is 0.410 e. The van der Waals surface area contributed by atoms with Crippen molar-refractivity contribution in [2.24, 2.45) is 5.92 Å². The third-order valence-corrected chi connectivity index (χ3v) is 9.18. The van der Waals surface area contributed by atoms with Crippen LogP contribution in [0.2, 0.25) is 0 Å². The number of rotatable bonds is 10. The summed E-state index contributed by atoms with van der Waals surface area (Å²) >= 11 is 0. The van der Waals surface area contributed by atoms with Gasteiger partial charge in [-0.25, -0.2) is 23.5 Å². The maximum Gasteiger partial charge on any atom is 0.410 e. The van der Waals surface area contributed by atoms with Gasteiger partial charge in [-0.3, -0.25) is 4.79 Å². The fourth-order valence-electron chi connectivity index (χ4n) is 6.25. The molecule has 13 nitrogen and oxygen atoms in total. The number of aromatic nitrogens is 4. The van der Waals surface area contributed by atoms with E-state index in [1.54, 1.807) is 41.4 Å². The number of hydrogen-bond acceptors (Lipinski definition) is 11. The van der Waals surface area contributed by atoms with Crippen LogP contribution in [0.1, 0.15) is 74.1 Å². The number of nitrogens with one attached hydrogen (secondary N) is 1. The Morgan fingerprint density at radius 1 is 0.962 bits per heavy atom. The largest absolute Gasteiger partial charge is 0.497 e. The van der Waals surface area contributed by atoms with Crippen LogP contribution in [0.4, 0.5) is 23.9 Å². The number of methoxy groups -OCH3 is 1. The van der Waals surface area contributed by atoms with E-state index in [1.807, 2.05) is 25.7 Å². The van der Waals surface area contributed by atoms with E-state index < -0.39 is 40.3 Å². The summed E-state index contributed by atoms with van der Waals surface area (Å²) in [6.45, 7) is 7.53. The molecule has 282 valence electrons. The molecule has 0 radical (unpaired) electrons. The highest BCUT2D eigenvalue weighted by Gasteiger charge is 2.30. The molecule has 1 aliphatic carbocycles. The zero-order chi connectivity index (χ0) is 37.7. The Bertz CT molecular complexity index is 1900. The predicted octanol–water partition coefficient (Wildman–Crippen LogP) is 6.29. The molecule has 0 spiro atoms. The number of benzene rings is 2. The highest BCUT2D eigenvalue weighted by Crippen LogP contribution is 2.35. The molecule has 1 saturated carbocycles. The molecule has 2 fully saturated rings. The number of hydrogen-bond donors (Lipinski definition) is 1. The Kier molecular flexibility index (Phi) is 11.3. The number of carbonyl (C=O) groups is 2. The van der Waals surface area contributed by atoms with Crippen molar-refractivity contribution in [1.82, 2.24) is 30.3 Å². The summed E-state index contributed by atoms with van der Waals surface area (Å²) in [5, 5.41) is 6.83. The van der Waals surface area contributed by atoms with E-state index in [1.165, 1.54) is 7.11 Å². The van der Waals surface area contributed by atoms with Crippen molar-refractivity contribution in [3.63, 3.8) is 0 Å². The van der Waals surface area contributed by atoms with Crippen LogP contribution in [0, 0.1) is 23.4 Å². The van der Waals surface area contributed by atoms with Gasteiger partial charge in [0.15, 0.2) is 23.2 Å². The van der Waals surface area contributed by atoms with Gasteiger partial charge >= 0.3 is 6.09 Å². The zero-order valence-corrected chi connectivity index (χ0v) is 30.0. The van der Waals surface area contributed by atoms with Gasteiger partial charge in [-0.1, -0.05) is 17.3 Å². The Morgan fingerprint density at radius 3 is 2.36 bits per heavy atom. The van der Waals surface area contributed by atoms with E-state index in [9.17, 15) is 22.8 Å². The second-order valence-corrected chi connectivity index (χ2v) is 14.1. The maximum absolute atomic E-state index is 14.9. The molecule has 1 aliphatic heterocycles. The molecule has 1 N–H and O–H groups in total. The fraction of sp³-hybridized carbons (Fsp3) is 0.459. The van der Waals surface area contributed by atoms with Crippen LogP contribution in [0.25, 0.3) is 11.6 Å². The van der Waals surface area contributed by atoms with Crippen LogP contribution in [0.5, 0.6) is 11.5 Å². The SMILES string of the molecule is COc1ccc(COc2c(F)cc(C(=O)NC[C@H]3CC[C@H](c4noc(-c5ccnc(N6CCN(C(=O)OC(C)(C)C)CC6)n5)n4)CC3)c(F)c2F)cc1. The van der Waals surface area contributed by atoms with E-state index in [0.717, 1.165) is 0 Å². The molecule has 3 heterocycles. The number of piperazine rings is 1. The summed E-state index contributed by atoms with van der Waals surface area (Å²) in [7, 11) is 1.51. The average Bonchev–Trinajstić information content (AvgIpc) is 3.66. The molecule has 0 bridgehead atoms. The monoisotopic (exact) mass is 737 g/mol. The molecular formula is C37H42F3N7O6. The van der Waals surface area contributed by atoms with E-state index in [-0.39, 0.29) is 37.0 Å². The topological polar surface area (TPSA) is 145 Å². The molecule has 2 aliphatic rings. The molecule has 4 aromatic rings. The lowest BCUT2D eigenvalue weighted by molar-refractivity contribution is 0.0240. The van der Waals surface area contributed by atoms with Crippen LogP contribution in [-0.4, -0.2) is 82.4 Å². The highest BCUT2D eigenvalue weighted by atomic mass is 19.2. The van der Waals surface area contributed by atoms with Gasteiger partial charge in [-0.15, -0.1) is 0 Å². The zero-order valence-electron chi connectivity index (χ0n) is 30.0. The van der Waals surface area contributed by atoms with E-state index in [4.69, 9.17) is 18.7 Å². The molecule has 16 heteroatoms. The Labute approximate surface area is 304 Å². The Balaban J connectivity index is 0.978. The molecule has 0 atom stereocenters. The Morgan fingerprint density at radius 2 is 1.68 bits per heavy atom. The van der Waals surface area contributed by atoms with Crippen LogP contribution >= 0.6 is 0 Å². The van der Waals surface area contributed by atoms with Crippen LogP contribution in [-0.2, 0) is 11.3 Å². The summed E-state index contributed by atoms with van der Waals surface area (Å²) < 4.78 is 65.9. The number of nitrogens with zero attached hydrogens (tertiary/aromatic N) is 6. The lowest BCUT2D eigenvalue weighted by Crippen LogP contribution is -2.50. The first-order chi connectivity index (χ1) is 25.4. The minimum Gasteiger partial charge on any atom is -0.497 e. The first-order valence-electron chi connectivity index (χ1n) is 17.5. The van der Waals surface area contributed by atoms with Gasteiger partial charge in [-0.2, -0.15) is 9.37 Å². The average molecular weight is 738 g/mol. The van der Waals surface area contributed by atoms with Gasteiger partial charge in [0.2, 0.25) is 11.8 Å². The van der Waals surface area contributed by atoms with Crippen molar-refractivity contribution >= 4 is 17.9 Å². The van der Waals surface area contributed by atoms with Gasteiger partial charge < -0.3 is 33.9 Å². The molecule has 2 amide bonds. The number of carbonyl (C=O) groups excluding carboxylic acids is 2. The van der Waals surface area contributed by atoms with Crippen molar-refractivity contribution in [3.05, 3.63) is 77.0 Å². The predicted molar refractivity (Wildman–Crippen MR) is 186 cm³/mol. The third kappa shape index (κ3) is 9.15. The molecule has 53 heavy (non-hydrogen) atoms. The van der Waals surface area contributed by atoms with Crippen LogP contribution in [0.15, 0.2) is 47.1 Å². The number of halogens is 3. The van der Waals surface area contributed by atoms with E-state index in [0.29, 0.717) is 86.7 Å². The summed E-state index contributed by atoms with van der Waals surface area (Å²) in [5.41, 5.74) is -0.229. The van der Waals surface area contributed by atoms with Crippen molar-refractivity contribution in [1.29, 1.82) is 0 Å². The summed E-state index contributed by atoms with van der Waals surface area (Å²) in [5.74, 6) is -4.05. The van der Waals surface area contributed by atoms with Crippen LogP contribution in [0.3, 0.4) is 0 Å². The summed E-state index contributed by atoms with van der Waals surface area (Å²) in [6.07, 6.45) is 4.14. The van der Waals surface area contributed by atoms with E-state index >= 15 is 0 Å². The van der Waals surface area contributed by atoms with Crippen molar-refractivity contribution in [3.8, 4) is 23.1 Å². The summed E-state index contributed by atoms with van der Waals surface area (Å²) in [6, 6.07) is 8.96. The normalized spacial score (nSPS) is 17.7. The van der Waals surface area contributed by atoms with Gasteiger partial charge in [0.1, 0.15) is 23.7 Å². The minimum atomic E-state index is -1.57. The highest BCUT2D eigenvalue weighted by molar-refractivity contribution is 5.94. The lowest BCUT2D eigenvalue weighted by atomic mass is 9.81. The number of amides is 2. The molecule has 0 unspecified atom stereocenters. The first kappa shape index (κ1) is 37.4. The maximum atomic E-state index is 14.9. The quantitative estimate of drug-likeness (QED) is 0.183. The molecule has 1 saturated heterocycles. The molecule has 2 aromatic heterocycles. The van der Waals surface area contributed by atoms with Gasteiger partial charge in [0.05, 0.1) is 12.7 Å². The molecular weight excluding hydrogens is 695 g/mol. The molecule has 2 aromatic carbocycles. The van der Waals surface area contributed by atoms with Gasteiger partial charge in [0, 0.05) is 44.8 Å². The van der Waals surface area contributed by atoms with Crippen molar-refractivity contribution < 1.29 is 41.5 Å². The lowest BCUT2D eigenvalue weighted by Gasteiger charge is -2.35. The number of ether oxygens (including phenoxy) is 3. The second-order valence-electron chi connectivity index (χ2n) is 14.1. The first-order valence-corrected chi connectivity index (χ1v) is 17.5. The molecule has 6 rings (SSSR count). The second kappa shape index (κ2) is 16.1.